The van der Waals surface area contributed by atoms with Gasteiger partial charge in [0.25, 0.3) is 0 Å². The molecule has 1 rings (SSSR count). The fraction of sp³-hybridized carbons (Fsp3) is 0.357. The number of carbonyl (C=O) groups excluding carboxylic acids is 1. The monoisotopic (exact) mass is 374 g/mol. The molecule has 0 aliphatic rings. The van der Waals surface area contributed by atoms with E-state index < -0.39 is 5.97 Å². The Morgan fingerprint density at radius 3 is 2.56 bits per heavy atom. The van der Waals surface area contributed by atoms with Crippen molar-refractivity contribution in [3.63, 3.8) is 0 Å². The number of halogens is 2. The predicted octanol–water partition coefficient (Wildman–Crippen LogP) is 5.21. The molecule has 0 aromatic heterocycles. The molecule has 0 N–H and O–H groups in total. The third-order valence-electron chi connectivity index (χ3n) is 2.72. The molecule has 0 heterocycles. The molecule has 0 aliphatic carbocycles. The second kappa shape index (κ2) is 6.53. The fourth-order valence-corrected chi connectivity index (χ4v) is 2.79. The van der Waals surface area contributed by atoms with Crippen LogP contribution < -0.4 is 4.74 Å². The highest BCUT2D eigenvalue weighted by Crippen LogP contribution is 2.38. The van der Waals surface area contributed by atoms with Gasteiger partial charge in [-0.1, -0.05) is 36.4 Å². The Labute approximate surface area is 125 Å². The SMILES string of the molecule is C=C(C)C(=O)Oc1c(Br)cc(Br)cc1C(C)CC. The number of benzene rings is 1. The normalized spacial score (nSPS) is 12.1. The highest BCUT2D eigenvalue weighted by atomic mass is 79.9. The van der Waals surface area contributed by atoms with Crippen LogP contribution in [0.15, 0.2) is 33.2 Å². The summed E-state index contributed by atoms with van der Waals surface area (Å²) in [5.41, 5.74) is 1.40. The minimum atomic E-state index is -0.400. The van der Waals surface area contributed by atoms with Crippen molar-refractivity contribution in [3.05, 3.63) is 38.8 Å². The first-order valence-electron chi connectivity index (χ1n) is 5.73. The molecule has 4 heteroatoms. The molecule has 98 valence electrons. The minimum Gasteiger partial charge on any atom is -0.422 e. The summed E-state index contributed by atoms with van der Waals surface area (Å²) in [5.74, 6) is 0.495. The van der Waals surface area contributed by atoms with Crippen LogP contribution in [0.4, 0.5) is 0 Å². The topological polar surface area (TPSA) is 26.3 Å². The van der Waals surface area contributed by atoms with E-state index in [1.54, 1.807) is 6.92 Å². The van der Waals surface area contributed by atoms with Gasteiger partial charge >= 0.3 is 5.97 Å². The molecule has 1 aromatic carbocycles. The Morgan fingerprint density at radius 1 is 1.44 bits per heavy atom. The van der Waals surface area contributed by atoms with Gasteiger partial charge in [0.05, 0.1) is 4.47 Å². The second-order valence-corrected chi connectivity index (χ2v) is 6.06. The third kappa shape index (κ3) is 3.69. The number of hydrogen-bond donors (Lipinski definition) is 0. The average molecular weight is 376 g/mol. The van der Waals surface area contributed by atoms with Gasteiger partial charge in [0.1, 0.15) is 5.75 Å². The maximum Gasteiger partial charge on any atom is 0.338 e. The summed E-state index contributed by atoms with van der Waals surface area (Å²) in [6, 6.07) is 3.85. The number of rotatable bonds is 4. The Kier molecular flexibility index (Phi) is 5.60. The van der Waals surface area contributed by atoms with Crippen LogP contribution in [-0.4, -0.2) is 5.97 Å². The van der Waals surface area contributed by atoms with Crippen LogP contribution in [0.2, 0.25) is 0 Å². The zero-order valence-corrected chi connectivity index (χ0v) is 13.9. The summed E-state index contributed by atoms with van der Waals surface area (Å²) in [6.45, 7) is 9.44. The van der Waals surface area contributed by atoms with Crippen molar-refractivity contribution >= 4 is 37.8 Å². The maximum atomic E-state index is 11.7. The van der Waals surface area contributed by atoms with Crippen molar-refractivity contribution in [2.45, 2.75) is 33.1 Å². The first-order chi connectivity index (χ1) is 8.36. The number of ether oxygens (including phenoxy) is 1. The molecular weight excluding hydrogens is 360 g/mol. The lowest BCUT2D eigenvalue weighted by Gasteiger charge is -2.17. The van der Waals surface area contributed by atoms with E-state index in [0.29, 0.717) is 17.2 Å². The Bertz CT molecular complexity index is 481. The van der Waals surface area contributed by atoms with Crippen molar-refractivity contribution in [1.82, 2.24) is 0 Å². The molecule has 18 heavy (non-hydrogen) atoms. The van der Waals surface area contributed by atoms with Crippen LogP contribution in [0.3, 0.4) is 0 Å². The largest absolute Gasteiger partial charge is 0.422 e. The van der Waals surface area contributed by atoms with E-state index in [-0.39, 0.29) is 0 Å². The zero-order chi connectivity index (χ0) is 13.9. The third-order valence-corrected chi connectivity index (χ3v) is 3.77. The van der Waals surface area contributed by atoms with Gasteiger partial charge in [-0.3, -0.25) is 0 Å². The molecule has 1 aromatic rings. The van der Waals surface area contributed by atoms with Gasteiger partial charge in [-0.15, -0.1) is 0 Å². The van der Waals surface area contributed by atoms with E-state index in [9.17, 15) is 4.79 Å². The number of hydrogen-bond acceptors (Lipinski definition) is 2. The summed E-state index contributed by atoms with van der Waals surface area (Å²) >= 11 is 6.89. The predicted molar refractivity (Wildman–Crippen MR) is 81.0 cm³/mol. The van der Waals surface area contributed by atoms with Crippen LogP contribution in [0, 0.1) is 0 Å². The first kappa shape index (κ1) is 15.4. The molecule has 0 saturated carbocycles. The van der Waals surface area contributed by atoms with E-state index in [4.69, 9.17) is 4.74 Å². The summed E-state index contributed by atoms with van der Waals surface area (Å²) in [7, 11) is 0. The lowest BCUT2D eigenvalue weighted by atomic mass is 9.98. The van der Waals surface area contributed by atoms with Crippen LogP contribution in [-0.2, 0) is 4.79 Å². The van der Waals surface area contributed by atoms with Crippen LogP contribution in [0.5, 0.6) is 5.75 Å². The van der Waals surface area contributed by atoms with E-state index in [0.717, 1.165) is 20.9 Å². The van der Waals surface area contributed by atoms with Gasteiger partial charge in [-0.05, 0) is 47.3 Å². The second-order valence-electron chi connectivity index (χ2n) is 4.29. The van der Waals surface area contributed by atoms with Gasteiger partial charge in [-0.2, -0.15) is 0 Å². The fourth-order valence-electron chi connectivity index (χ4n) is 1.45. The van der Waals surface area contributed by atoms with Crippen LogP contribution >= 0.6 is 31.9 Å². The van der Waals surface area contributed by atoms with Gasteiger partial charge in [0.2, 0.25) is 0 Å². The van der Waals surface area contributed by atoms with Crippen molar-refractivity contribution in [1.29, 1.82) is 0 Å². The maximum absolute atomic E-state index is 11.7. The van der Waals surface area contributed by atoms with Gasteiger partial charge < -0.3 is 4.74 Å². The summed E-state index contributed by atoms with van der Waals surface area (Å²) in [5, 5.41) is 0. The Morgan fingerprint density at radius 2 is 2.06 bits per heavy atom. The highest BCUT2D eigenvalue weighted by Gasteiger charge is 2.18. The van der Waals surface area contributed by atoms with Crippen molar-refractivity contribution < 1.29 is 9.53 Å². The van der Waals surface area contributed by atoms with Crippen molar-refractivity contribution in [3.8, 4) is 5.75 Å². The Hall–Kier alpha value is -0.610. The molecule has 0 saturated heterocycles. The summed E-state index contributed by atoms with van der Waals surface area (Å²) in [4.78, 5) is 11.7. The first-order valence-corrected chi connectivity index (χ1v) is 7.32. The van der Waals surface area contributed by atoms with Crippen LogP contribution in [0.1, 0.15) is 38.7 Å². The summed E-state index contributed by atoms with van der Waals surface area (Å²) < 4.78 is 7.13. The van der Waals surface area contributed by atoms with Crippen molar-refractivity contribution in [2.75, 3.05) is 0 Å². The smallest absolute Gasteiger partial charge is 0.338 e. The zero-order valence-electron chi connectivity index (χ0n) is 10.7. The van der Waals surface area contributed by atoms with Crippen molar-refractivity contribution in [2.24, 2.45) is 0 Å². The minimum absolute atomic E-state index is 0.312. The molecule has 2 nitrogen and oxygen atoms in total. The molecule has 0 bridgehead atoms. The molecule has 0 radical (unpaired) electrons. The van der Waals surface area contributed by atoms with Gasteiger partial charge in [0, 0.05) is 15.6 Å². The molecule has 1 atom stereocenters. The van der Waals surface area contributed by atoms with Gasteiger partial charge in [0.15, 0.2) is 0 Å². The molecular formula is C14H16Br2O2. The van der Waals surface area contributed by atoms with Crippen LogP contribution in [0.25, 0.3) is 0 Å². The number of carbonyl (C=O) groups is 1. The van der Waals surface area contributed by atoms with E-state index in [1.807, 2.05) is 12.1 Å². The standard InChI is InChI=1S/C14H16Br2O2/c1-5-9(4)11-6-10(15)7-12(16)13(11)18-14(17)8(2)3/h6-7,9H,2,5H2,1,3-4H3. The van der Waals surface area contributed by atoms with E-state index in [1.165, 1.54) is 0 Å². The highest BCUT2D eigenvalue weighted by molar-refractivity contribution is 9.11. The molecule has 0 amide bonds. The summed E-state index contributed by atoms with van der Waals surface area (Å²) in [6.07, 6.45) is 0.973. The lowest BCUT2D eigenvalue weighted by Crippen LogP contribution is -2.11. The number of esters is 1. The van der Waals surface area contributed by atoms with Gasteiger partial charge in [-0.25, -0.2) is 4.79 Å². The Balaban J connectivity index is 3.23. The van der Waals surface area contributed by atoms with E-state index in [2.05, 4.69) is 52.3 Å². The quantitative estimate of drug-likeness (QED) is 0.410. The molecule has 0 aliphatic heterocycles. The molecule has 0 fully saturated rings. The average Bonchev–Trinajstić information content (AvgIpc) is 2.30. The molecule has 0 spiro atoms. The lowest BCUT2D eigenvalue weighted by molar-refractivity contribution is -0.130. The van der Waals surface area contributed by atoms with E-state index >= 15 is 0 Å². The molecule has 1 unspecified atom stereocenters.